The van der Waals surface area contributed by atoms with E-state index in [4.69, 9.17) is 0 Å². The first-order valence-electron chi connectivity index (χ1n) is 2.85. The van der Waals surface area contributed by atoms with Gasteiger partial charge in [-0.15, -0.1) is 0 Å². The van der Waals surface area contributed by atoms with E-state index in [0.717, 1.165) is 0 Å². The van der Waals surface area contributed by atoms with Crippen molar-refractivity contribution in [1.82, 2.24) is 0 Å². The summed E-state index contributed by atoms with van der Waals surface area (Å²) in [6, 6.07) is 0.424. The molecule has 0 radical (unpaired) electrons. The van der Waals surface area contributed by atoms with Crippen molar-refractivity contribution < 1.29 is 0 Å². The molecule has 44 valence electrons. The summed E-state index contributed by atoms with van der Waals surface area (Å²) in [4.78, 5) is 7.98. The minimum absolute atomic E-state index is 0.424. The number of aliphatic imine (C=N–C) groups is 2. The Labute approximate surface area is 49.3 Å². The molecule has 0 amide bonds. The normalized spacial score (nSPS) is 35.8. The van der Waals surface area contributed by atoms with Crippen LogP contribution in [0.4, 0.5) is 0 Å². The van der Waals surface area contributed by atoms with Crippen molar-refractivity contribution in [2.24, 2.45) is 15.9 Å². The van der Waals surface area contributed by atoms with Crippen LogP contribution in [0.25, 0.3) is 0 Å². The molecular formula is C6H10N2. The third kappa shape index (κ3) is 0.941. The molecule has 0 N–H and O–H groups in total. The van der Waals surface area contributed by atoms with Gasteiger partial charge in [0.2, 0.25) is 0 Å². The molecular weight excluding hydrogens is 100 g/mol. The Hall–Kier alpha value is -0.660. The third-order valence-corrected chi connectivity index (χ3v) is 1.45. The summed E-state index contributed by atoms with van der Waals surface area (Å²) in [5.74, 6) is 0.514. The Balaban J connectivity index is 2.59. The highest BCUT2D eigenvalue weighted by atomic mass is 14.9. The van der Waals surface area contributed by atoms with Gasteiger partial charge in [0.05, 0.1) is 6.04 Å². The van der Waals surface area contributed by atoms with Gasteiger partial charge in [0.25, 0.3) is 0 Å². The van der Waals surface area contributed by atoms with E-state index >= 15 is 0 Å². The van der Waals surface area contributed by atoms with Crippen LogP contribution in [-0.4, -0.2) is 18.6 Å². The van der Waals surface area contributed by atoms with Gasteiger partial charge in [-0.1, -0.05) is 6.92 Å². The maximum absolute atomic E-state index is 4.09. The number of hydrogen-bond acceptors (Lipinski definition) is 2. The molecule has 2 heteroatoms. The average molecular weight is 110 g/mol. The first-order chi connectivity index (χ1) is 3.80. The smallest absolute Gasteiger partial charge is 0.109 e. The second kappa shape index (κ2) is 2.07. The molecule has 0 aromatic rings. The number of hydrogen-bond donors (Lipinski definition) is 0. The fraction of sp³-hybridized carbons (Fsp3) is 0.667. The van der Waals surface area contributed by atoms with E-state index < -0.39 is 0 Å². The van der Waals surface area contributed by atoms with Gasteiger partial charge >= 0.3 is 0 Å². The lowest BCUT2D eigenvalue weighted by atomic mass is 10.1. The Morgan fingerprint density at radius 3 is 2.50 bits per heavy atom. The van der Waals surface area contributed by atoms with Crippen molar-refractivity contribution >= 4 is 12.6 Å². The molecule has 0 saturated carbocycles. The zero-order valence-corrected chi connectivity index (χ0v) is 5.20. The minimum Gasteiger partial charge on any atom is -0.270 e. The van der Waals surface area contributed by atoms with Crippen LogP contribution in [0.3, 0.4) is 0 Å². The van der Waals surface area contributed by atoms with Crippen molar-refractivity contribution in [1.29, 1.82) is 0 Å². The van der Waals surface area contributed by atoms with Crippen LogP contribution in [-0.2, 0) is 0 Å². The second-order valence-corrected chi connectivity index (χ2v) is 2.16. The third-order valence-electron chi connectivity index (χ3n) is 1.45. The zero-order valence-electron chi connectivity index (χ0n) is 5.20. The highest BCUT2D eigenvalue weighted by molar-refractivity contribution is 5.76. The SMILES string of the molecule is C[C@@H]1N=CN=C[C@@H]1C. The van der Waals surface area contributed by atoms with E-state index in [1.54, 1.807) is 6.34 Å². The Morgan fingerprint density at radius 2 is 2.12 bits per heavy atom. The molecule has 1 rings (SSSR count). The zero-order chi connectivity index (χ0) is 5.98. The van der Waals surface area contributed by atoms with Crippen molar-refractivity contribution in [3.63, 3.8) is 0 Å². The maximum atomic E-state index is 4.09. The van der Waals surface area contributed by atoms with Gasteiger partial charge in [-0.25, -0.2) is 4.99 Å². The predicted octanol–water partition coefficient (Wildman–Crippen LogP) is 1.12. The molecule has 0 aliphatic carbocycles. The van der Waals surface area contributed by atoms with Gasteiger partial charge in [0.15, 0.2) is 0 Å². The largest absolute Gasteiger partial charge is 0.270 e. The molecule has 0 aromatic heterocycles. The van der Waals surface area contributed by atoms with E-state index in [1.165, 1.54) is 0 Å². The molecule has 0 fully saturated rings. The monoisotopic (exact) mass is 110 g/mol. The summed E-state index contributed by atoms with van der Waals surface area (Å²) in [6.07, 6.45) is 3.54. The maximum Gasteiger partial charge on any atom is 0.109 e. The van der Waals surface area contributed by atoms with E-state index in [1.807, 2.05) is 6.21 Å². The van der Waals surface area contributed by atoms with Crippen molar-refractivity contribution in [2.45, 2.75) is 19.9 Å². The first kappa shape index (κ1) is 5.48. The van der Waals surface area contributed by atoms with Gasteiger partial charge in [0.1, 0.15) is 6.34 Å². The summed E-state index contributed by atoms with van der Waals surface area (Å²) in [6.45, 7) is 4.21. The van der Waals surface area contributed by atoms with Crippen LogP contribution in [0.1, 0.15) is 13.8 Å². The molecule has 1 aliphatic heterocycles. The average Bonchev–Trinajstić information content (AvgIpc) is 1.77. The summed E-state index contributed by atoms with van der Waals surface area (Å²) in [5, 5.41) is 0. The molecule has 0 unspecified atom stereocenters. The van der Waals surface area contributed by atoms with Gasteiger partial charge in [0, 0.05) is 12.1 Å². The quantitative estimate of drug-likeness (QED) is 0.446. The first-order valence-corrected chi connectivity index (χ1v) is 2.85. The topological polar surface area (TPSA) is 24.7 Å². The van der Waals surface area contributed by atoms with Gasteiger partial charge in [-0.2, -0.15) is 0 Å². The highest BCUT2D eigenvalue weighted by Crippen LogP contribution is 2.05. The molecule has 8 heavy (non-hydrogen) atoms. The van der Waals surface area contributed by atoms with E-state index in [0.29, 0.717) is 12.0 Å². The molecule has 1 heterocycles. The van der Waals surface area contributed by atoms with E-state index in [9.17, 15) is 0 Å². The van der Waals surface area contributed by atoms with Gasteiger partial charge < -0.3 is 0 Å². The molecule has 2 atom stereocenters. The lowest BCUT2D eigenvalue weighted by Crippen LogP contribution is -2.15. The predicted molar refractivity (Wildman–Crippen MR) is 35.6 cm³/mol. The van der Waals surface area contributed by atoms with Gasteiger partial charge in [-0.05, 0) is 6.92 Å². The standard InChI is InChI=1S/C6H10N2/c1-5-3-7-4-8-6(5)2/h3-6H,1-2H3/t5-,6-/m0/s1. The van der Waals surface area contributed by atoms with Crippen LogP contribution < -0.4 is 0 Å². The summed E-state index contributed by atoms with van der Waals surface area (Å²) in [5.41, 5.74) is 0. The summed E-state index contributed by atoms with van der Waals surface area (Å²) in [7, 11) is 0. The van der Waals surface area contributed by atoms with E-state index in [2.05, 4.69) is 23.8 Å². The van der Waals surface area contributed by atoms with Crippen LogP contribution in [0.15, 0.2) is 9.98 Å². The lowest BCUT2D eigenvalue weighted by Gasteiger charge is -2.12. The Bertz CT molecular complexity index is 110. The highest BCUT2D eigenvalue weighted by Gasteiger charge is 2.08. The molecule has 0 saturated heterocycles. The Kier molecular flexibility index (Phi) is 1.42. The van der Waals surface area contributed by atoms with Gasteiger partial charge in [-0.3, -0.25) is 4.99 Å². The second-order valence-electron chi connectivity index (χ2n) is 2.16. The molecule has 0 bridgehead atoms. The number of nitrogens with zero attached hydrogens (tertiary/aromatic N) is 2. The van der Waals surface area contributed by atoms with Crippen LogP contribution in [0.5, 0.6) is 0 Å². The van der Waals surface area contributed by atoms with E-state index in [-0.39, 0.29) is 0 Å². The fourth-order valence-corrected chi connectivity index (χ4v) is 0.578. The Morgan fingerprint density at radius 1 is 1.38 bits per heavy atom. The van der Waals surface area contributed by atoms with Crippen LogP contribution in [0, 0.1) is 5.92 Å². The number of rotatable bonds is 0. The lowest BCUT2D eigenvalue weighted by molar-refractivity contribution is 0.620. The fourth-order valence-electron chi connectivity index (χ4n) is 0.578. The van der Waals surface area contributed by atoms with Crippen molar-refractivity contribution in [2.75, 3.05) is 0 Å². The van der Waals surface area contributed by atoms with Crippen LogP contribution in [0.2, 0.25) is 0 Å². The van der Waals surface area contributed by atoms with Crippen LogP contribution >= 0.6 is 0 Å². The summed E-state index contributed by atoms with van der Waals surface area (Å²) < 4.78 is 0. The summed E-state index contributed by atoms with van der Waals surface area (Å²) >= 11 is 0. The van der Waals surface area contributed by atoms with Crippen molar-refractivity contribution in [3.05, 3.63) is 0 Å². The molecule has 0 aromatic carbocycles. The molecule has 0 spiro atoms. The molecule has 1 aliphatic rings. The van der Waals surface area contributed by atoms with Crippen molar-refractivity contribution in [3.8, 4) is 0 Å². The minimum atomic E-state index is 0.424. The molecule has 2 nitrogen and oxygen atoms in total.